The molecular formula is C25H38F2N4O4. The number of piperazine rings is 1. The van der Waals surface area contributed by atoms with Crippen LogP contribution in [0.1, 0.15) is 66.1 Å². The van der Waals surface area contributed by atoms with E-state index in [1.165, 1.54) is 24.1 Å². The second-order valence-corrected chi connectivity index (χ2v) is 11.3. The first-order valence-electron chi connectivity index (χ1n) is 12.1. The van der Waals surface area contributed by atoms with Crippen LogP contribution in [0.25, 0.3) is 0 Å². The topological polar surface area (TPSA) is 86.2 Å². The van der Waals surface area contributed by atoms with Gasteiger partial charge in [0.15, 0.2) is 0 Å². The summed E-state index contributed by atoms with van der Waals surface area (Å²) < 4.78 is 34.2. The highest BCUT2D eigenvalue weighted by molar-refractivity contribution is 5.97. The summed E-state index contributed by atoms with van der Waals surface area (Å²) in [7, 11) is 0. The van der Waals surface area contributed by atoms with E-state index in [-0.39, 0.29) is 43.6 Å². The number of fused-ring (bicyclic) bond motifs is 1. The summed E-state index contributed by atoms with van der Waals surface area (Å²) in [6.45, 7) is 13.2. The molecule has 2 atom stereocenters. The third-order valence-electron chi connectivity index (χ3n) is 6.65. The fourth-order valence-electron chi connectivity index (χ4n) is 4.67. The van der Waals surface area contributed by atoms with Crippen LogP contribution in [0.2, 0.25) is 0 Å². The number of carbonyl (C=O) groups is 2. The van der Waals surface area contributed by atoms with E-state index in [0.717, 1.165) is 0 Å². The number of amides is 2. The maximum atomic E-state index is 14.4. The van der Waals surface area contributed by atoms with Crippen molar-refractivity contribution in [3.05, 3.63) is 23.5 Å². The number of aliphatic hydroxyl groups is 1. The number of ether oxygens (including phenoxy) is 1. The first-order valence-corrected chi connectivity index (χ1v) is 12.1. The summed E-state index contributed by atoms with van der Waals surface area (Å²) in [5, 5.41) is 10.0. The van der Waals surface area contributed by atoms with E-state index in [9.17, 15) is 23.5 Å². The highest BCUT2D eigenvalue weighted by atomic mass is 19.3. The van der Waals surface area contributed by atoms with E-state index >= 15 is 0 Å². The normalized spacial score (nSPS) is 22.8. The molecule has 1 N–H and O–H groups in total. The molecule has 1 fully saturated rings. The van der Waals surface area contributed by atoms with Gasteiger partial charge in [-0.3, -0.25) is 14.7 Å². The number of anilines is 1. The molecule has 196 valence electrons. The number of rotatable bonds is 5. The van der Waals surface area contributed by atoms with Crippen molar-refractivity contribution in [1.82, 2.24) is 14.8 Å². The lowest BCUT2D eigenvalue weighted by Crippen LogP contribution is -2.62. The Hall–Kier alpha value is -2.33. The number of nitrogens with zero attached hydrogens (tertiary/aromatic N) is 4. The first-order chi connectivity index (χ1) is 16.1. The monoisotopic (exact) mass is 496 g/mol. The van der Waals surface area contributed by atoms with Gasteiger partial charge in [-0.25, -0.2) is 13.6 Å². The molecule has 1 aromatic heterocycles. The van der Waals surface area contributed by atoms with E-state index in [4.69, 9.17) is 4.74 Å². The van der Waals surface area contributed by atoms with Gasteiger partial charge in [-0.2, -0.15) is 0 Å². The minimum atomic E-state index is -3.03. The molecule has 0 aliphatic carbocycles. The Balaban J connectivity index is 1.79. The van der Waals surface area contributed by atoms with Crippen molar-refractivity contribution in [3.8, 4) is 0 Å². The average Bonchev–Trinajstić information content (AvgIpc) is 3.03. The summed E-state index contributed by atoms with van der Waals surface area (Å²) in [6.07, 6.45) is 0.389. The second kappa shape index (κ2) is 9.61. The van der Waals surface area contributed by atoms with Gasteiger partial charge in [0.2, 0.25) is 5.91 Å². The maximum Gasteiger partial charge on any atom is 0.410 e. The minimum Gasteiger partial charge on any atom is -0.444 e. The van der Waals surface area contributed by atoms with Gasteiger partial charge in [-0.05, 0) is 33.8 Å². The van der Waals surface area contributed by atoms with E-state index in [2.05, 4.69) is 4.98 Å². The third kappa shape index (κ3) is 5.74. The lowest BCUT2D eigenvalue weighted by molar-refractivity contribution is -0.121. The van der Waals surface area contributed by atoms with Crippen LogP contribution in [0.15, 0.2) is 12.3 Å². The summed E-state index contributed by atoms with van der Waals surface area (Å²) in [6, 6.07) is 0.691. The molecule has 2 aliphatic heterocycles. The zero-order valence-electron chi connectivity index (χ0n) is 21.8. The van der Waals surface area contributed by atoms with Gasteiger partial charge < -0.3 is 19.6 Å². The zero-order chi connectivity index (χ0) is 26.3. The Morgan fingerprint density at radius 3 is 2.49 bits per heavy atom. The van der Waals surface area contributed by atoms with Crippen molar-refractivity contribution in [2.24, 2.45) is 0 Å². The third-order valence-corrected chi connectivity index (χ3v) is 6.65. The van der Waals surface area contributed by atoms with Crippen molar-refractivity contribution in [1.29, 1.82) is 0 Å². The lowest BCUT2D eigenvalue weighted by Gasteiger charge is -2.44. The summed E-state index contributed by atoms with van der Waals surface area (Å²) in [4.78, 5) is 35.3. The SMILES string of the molecule is CCC(F)(F)c1cnc2c(c1)N(C(=O)CN1C[C@@H](C)N(C(=O)OC(C)(C)C)C[C@@H]1CO)CC2(C)C. The quantitative estimate of drug-likeness (QED) is 0.672. The van der Waals surface area contributed by atoms with Crippen LogP contribution in [0.5, 0.6) is 0 Å². The van der Waals surface area contributed by atoms with Gasteiger partial charge in [-0.15, -0.1) is 0 Å². The molecule has 35 heavy (non-hydrogen) atoms. The largest absolute Gasteiger partial charge is 0.444 e. The number of halogens is 2. The first kappa shape index (κ1) is 27.3. The minimum absolute atomic E-state index is 0.0123. The van der Waals surface area contributed by atoms with Crippen molar-refractivity contribution in [2.45, 2.75) is 83.9 Å². The average molecular weight is 497 g/mol. The standard InChI is InChI=1S/C25H38F2N4O4/c1-8-25(26,27)17-9-19-21(28-10-17)24(6,7)15-31(19)20(33)13-29-11-16(2)30(12-18(29)14-32)22(34)35-23(3,4)5/h9-10,16,18,32H,8,11-15H2,1-7H3/t16-,18-/m1/s1. The van der Waals surface area contributed by atoms with Gasteiger partial charge in [0.05, 0.1) is 30.6 Å². The molecule has 0 bridgehead atoms. The number of hydrogen-bond acceptors (Lipinski definition) is 6. The Kier molecular flexibility index (Phi) is 7.49. The van der Waals surface area contributed by atoms with Crippen LogP contribution in [0, 0.1) is 0 Å². The van der Waals surface area contributed by atoms with Gasteiger partial charge in [0.25, 0.3) is 5.92 Å². The molecule has 8 nitrogen and oxygen atoms in total. The number of aliphatic hydroxyl groups excluding tert-OH is 1. The van der Waals surface area contributed by atoms with Crippen molar-refractivity contribution >= 4 is 17.7 Å². The molecule has 3 rings (SSSR count). The smallest absolute Gasteiger partial charge is 0.410 e. The fourth-order valence-corrected chi connectivity index (χ4v) is 4.67. The fraction of sp³-hybridized carbons (Fsp3) is 0.720. The molecular weight excluding hydrogens is 458 g/mol. The van der Waals surface area contributed by atoms with Crippen LogP contribution < -0.4 is 4.90 Å². The molecule has 2 aliphatic rings. The maximum absolute atomic E-state index is 14.4. The highest BCUT2D eigenvalue weighted by Crippen LogP contribution is 2.42. The van der Waals surface area contributed by atoms with Gasteiger partial charge in [0.1, 0.15) is 5.60 Å². The second-order valence-electron chi connectivity index (χ2n) is 11.3. The number of hydrogen-bond donors (Lipinski definition) is 1. The predicted octanol–water partition coefficient (Wildman–Crippen LogP) is 3.51. The Morgan fingerprint density at radius 2 is 1.91 bits per heavy atom. The molecule has 1 aromatic rings. The van der Waals surface area contributed by atoms with E-state index in [1.807, 2.05) is 25.7 Å². The molecule has 10 heteroatoms. The molecule has 2 amide bonds. The number of alkyl halides is 2. The van der Waals surface area contributed by atoms with E-state index < -0.39 is 29.1 Å². The van der Waals surface area contributed by atoms with Crippen molar-refractivity contribution in [2.75, 3.05) is 37.7 Å². The summed E-state index contributed by atoms with van der Waals surface area (Å²) in [5.41, 5.74) is -0.308. The molecule has 1 saturated heterocycles. The zero-order valence-corrected chi connectivity index (χ0v) is 21.8. The van der Waals surface area contributed by atoms with Crippen molar-refractivity contribution < 1.29 is 28.2 Å². The van der Waals surface area contributed by atoms with Crippen LogP contribution >= 0.6 is 0 Å². The predicted molar refractivity (Wildman–Crippen MR) is 129 cm³/mol. The van der Waals surface area contributed by atoms with Gasteiger partial charge in [-0.1, -0.05) is 20.8 Å². The Morgan fingerprint density at radius 1 is 1.26 bits per heavy atom. The van der Waals surface area contributed by atoms with E-state index in [1.54, 1.807) is 25.7 Å². The van der Waals surface area contributed by atoms with Crippen LogP contribution in [-0.4, -0.2) is 82.4 Å². The number of pyridine rings is 1. The molecule has 3 heterocycles. The molecule has 0 unspecified atom stereocenters. The molecule has 0 saturated carbocycles. The highest BCUT2D eigenvalue weighted by Gasteiger charge is 2.43. The van der Waals surface area contributed by atoms with Crippen LogP contribution in [0.4, 0.5) is 19.3 Å². The number of aromatic nitrogens is 1. The molecule has 0 spiro atoms. The summed E-state index contributed by atoms with van der Waals surface area (Å²) >= 11 is 0. The summed E-state index contributed by atoms with van der Waals surface area (Å²) in [5.74, 6) is -3.29. The molecule has 0 radical (unpaired) electrons. The van der Waals surface area contributed by atoms with Gasteiger partial charge >= 0.3 is 6.09 Å². The van der Waals surface area contributed by atoms with Gasteiger partial charge in [0, 0.05) is 49.3 Å². The van der Waals surface area contributed by atoms with Crippen LogP contribution in [-0.2, 0) is 20.9 Å². The van der Waals surface area contributed by atoms with Crippen LogP contribution in [0.3, 0.4) is 0 Å². The van der Waals surface area contributed by atoms with E-state index in [0.29, 0.717) is 24.5 Å². The molecule has 0 aromatic carbocycles. The van der Waals surface area contributed by atoms with Crippen molar-refractivity contribution in [3.63, 3.8) is 0 Å². The Labute approximate surface area is 206 Å². The number of carbonyl (C=O) groups excluding carboxylic acids is 2. The Bertz CT molecular complexity index is 963. The lowest BCUT2D eigenvalue weighted by atomic mass is 9.91.